The van der Waals surface area contributed by atoms with E-state index in [9.17, 15) is 9.59 Å². The van der Waals surface area contributed by atoms with E-state index in [0.29, 0.717) is 31.0 Å². The molecule has 7 heteroatoms. The Bertz CT molecular complexity index is 657. The van der Waals surface area contributed by atoms with Gasteiger partial charge < -0.3 is 20.0 Å². The van der Waals surface area contributed by atoms with Crippen LogP contribution in [0.4, 0.5) is 10.5 Å². The molecule has 1 saturated heterocycles. The molecular weight excluding hydrogens is 296 g/mol. The van der Waals surface area contributed by atoms with Gasteiger partial charge in [-0.15, -0.1) is 0 Å². The van der Waals surface area contributed by atoms with Gasteiger partial charge in [0, 0.05) is 24.6 Å². The molecule has 3 heterocycles. The fourth-order valence-electron chi connectivity index (χ4n) is 2.62. The summed E-state index contributed by atoms with van der Waals surface area (Å²) in [5.41, 5.74) is 0.659. The Labute approximate surface area is 133 Å². The van der Waals surface area contributed by atoms with Gasteiger partial charge in [-0.1, -0.05) is 0 Å². The summed E-state index contributed by atoms with van der Waals surface area (Å²) in [6.45, 7) is 0.887. The minimum absolute atomic E-state index is 0.163. The molecule has 2 aromatic rings. The molecule has 1 aliphatic heterocycles. The van der Waals surface area contributed by atoms with Gasteiger partial charge in [0.2, 0.25) is 5.91 Å². The highest BCUT2D eigenvalue weighted by atomic mass is 16.3. The number of nitrogens with zero attached hydrogens (tertiary/aromatic N) is 2. The van der Waals surface area contributed by atoms with E-state index in [2.05, 4.69) is 15.6 Å². The Hall–Kier alpha value is -2.83. The van der Waals surface area contributed by atoms with Crippen molar-refractivity contribution in [3.63, 3.8) is 0 Å². The van der Waals surface area contributed by atoms with E-state index in [0.717, 1.165) is 6.42 Å². The highest BCUT2D eigenvalue weighted by Crippen LogP contribution is 2.19. The second-order valence-electron chi connectivity index (χ2n) is 5.31. The Balaban J connectivity index is 1.58. The zero-order valence-corrected chi connectivity index (χ0v) is 12.6. The number of likely N-dealkylation sites (tertiary alicyclic amines) is 1. The molecule has 0 radical (unpaired) electrons. The molecule has 3 amide bonds. The summed E-state index contributed by atoms with van der Waals surface area (Å²) in [5.74, 6) is 0.521. The van der Waals surface area contributed by atoms with E-state index in [-0.39, 0.29) is 11.9 Å². The normalized spacial score (nSPS) is 17.0. The topological polar surface area (TPSA) is 87.5 Å². The molecule has 1 atom stereocenters. The van der Waals surface area contributed by atoms with Crippen molar-refractivity contribution in [3.8, 4) is 0 Å². The van der Waals surface area contributed by atoms with Crippen molar-refractivity contribution in [1.29, 1.82) is 0 Å². The monoisotopic (exact) mass is 314 g/mol. The molecular formula is C16H18N4O3. The van der Waals surface area contributed by atoms with Crippen LogP contribution in [-0.2, 0) is 11.3 Å². The van der Waals surface area contributed by atoms with E-state index < -0.39 is 6.04 Å². The van der Waals surface area contributed by atoms with Crippen LogP contribution in [0.25, 0.3) is 0 Å². The fourth-order valence-corrected chi connectivity index (χ4v) is 2.62. The summed E-state index contributed by atoms with van der Waals surface area (Å²) in [5, 5.41) is 5.60. The summed E-state index contributed by atoms with van der Waals surface area (Å²) < 4.78 is 5.19. The van der Waals surface area contributed by atoms with E-state index in [1.807, 2.05) is 0 Å². The van der Waals surface area contributed by atoms with Crippen LogP contribution in [0.15, 0.2) is 47.3 Å². The fraction of sp³-hybridized carbons (Fsp3) is 0.312. The van der Waals surface area contributed by atoms with Gasteiger partial charge in [-0.25, -0.2) is 4.79 Å². The maximum absolute atomic E-state index is 12.4. The van der Waals surface area contributed by atoms with E-state index in [1.54, 1.807) is 47.8 Å². The van der Waals surface area contributed by atoms with Crippen LogP contribution in [0.1, 0.15) is 18.6 Å². The third-order valence-electron chi connectivity index (χ3n) is 3.76. The van der Waals surface area contributed by atoms with Gasteiger partial charge in [0.15, 0.2) is 0 Å². The predicted octanol–water partition coefficient (Wildman–Crippen LogP) is 1.99. The van der Waals surface area contributed by atoms with Crippen molar-refractivity contribution in [2.45, 2.75) is 25.4 Å². The van der Waals surface area contributed by atoms with Gasteiger partial charge in [-0.05, 0) is 37.1 Å². The lowest BCUT2D eigenvalue weighted by Gasteiger charge is -2.24. The van der Waals surface area contributed by atoms with Crippen molar-refractivity contribution in [2.24, 2.45) is 0 Å². The second-order valence-corrected chi connectivity index (χ2v) is 5.31. The summed E-state index contributed by atoms with van der Waals surface area (Å²) in [6, 6.07) is 6.26. The van der Waals surface area contributed by atoms with Crippen LogP contribution in [-0.4, -0.2) is 34.4 Å². The minimum atomic E-state index is -0.452. The number of hydrogen-bond acceptors (Lipinski definition) is 4. The van der Waals surface area contributed by atoms with Gasteiger partial charge in [-0.3, -0.25) is 9.78 Å². The van der Waals surface area contributed by atoms with Crippen molar-refractivity contribution >= 4 is 17.6 Å². The molecule has 2 aromatic heterocycles. The maximum atomic E-state index is 12.4. The number of pyridine rings is 1. The summed E-state index contributed by atoms with van der Waals surface area (Å²) in [7, 11) is 0. The number of carbonyl (C=O) groups is 2. The Morgan fingerprint density at radius 3 is 2.87 bits per heavy atom. The molecule has 1 aliphatic rings. The molecule has 0 bridgehead atoms. The molecule has 0 saturated carbocycles. The van der Waals surface area contributed by atoms with Crippen LogP contribution < -0.4 is 10.6 Å². The zero-order valence-electron chi connectivity index (χ0n) is 12.6. The number of anilines is 1. The summed E-state index contributed by atoms with van der Waals surface area (Å²) >= 11 is 0. The number of urea groups is 1. The summed E-state index contributed by atoms with van der Waals surface area (Å²) in [4.78, 5) is 30.2. The number of carbonyl (C=O) groups excluding carboxylic acids is 2. The molecule has 2 N–H and O–H groups in total. The maximum Gasteiger partial charge on any atom is 0.322 e. The van der Waals surface area contributed by atoms with Crippen LogP contribution in [0.5, 0.6) is 0 Å². The molecule has 1 unspecified atom stereocenters. The molecule has 0 spiro atoms. The smallest absolute Gasteiger partial charge is 0.322 e. The number of amides is 3. The first-order valence-electron chi connectivity index (χ1n) is 7.52. The first kappa shape index (κ1) is 15.1. The molecule has 23 heavy (non-hydrogen) atoms. The lowest BCUT2D eigenvalue weighted by Crippen LogP contribution is -2.47. The van der Waals surface area contributed by atoms with Crippen LogP contribution >= 0.6 is 0 Å². The first-order chi connectivity index (χ1) is 11.2. The highest BCUT2D eigenvalue weighted by molar-refractivity contribution is 5.94. The number of aromatic nitrogens is 1. The average Bonchev–Trinajstić information content (AvgIpc) is 3.25. The average molecular weight is 314 g/mol. The van der Waals surface area contributed by atoms with Crippen molar-refractivity contribution in [3.05, 3.63) is 48.7 Å². The lowest BCUT2D eigenvalue weighted by atomic mass is 10.2. The van der Waals surface area contributed by atoms with Crippen molar-refractivity contribution in [1.82, 2.24) is 15.2 Å². The quantitative estimate of drug-likeness (QED) is 0.903. The van der Waals surface area contributed by atoms with Crippen LogP contribution in [0.3, 0.4) is 0 Å². The number of nitrogens with one attached hydrogen (secondary N) is 2. The zero-order chi connectivity index (χ0) is 16.1. The standard InChI is InChI=1S/C16H18N4O3/c21-15(18-11-13-3-2-10-23-13)14-4-1-9-20(14)16(22)19-12-5-7-17-8-6-12/h2-3,5-8,10,14H,1,4,9,11H2,(H,18,21)(H,17,19,22). The second kappa shape index (κ2) is 6.95. The molecule has 7 nitrogen and oxygen atoms in total. The lowest BCUT2D eigenvalue weighted by molar-refractivity contribution is -0.124. The third-order valence-corrected chi connectivity index (χ3v) is 3.76. The van der Waals surface area contributed by atoms with E-state index in [1.165, 1.54) is 0 Å². The van der Waals surface area contributed by atoms with Gasteiger partial charge in [-0.2, -0.15) is 0 Å². The Morgan fingerprint density at radius 2 is 2.13 bits per heavy atom. The third kappa shape index (κ3) is 3.68. The largest absolute Gasteiger partial charge is 0.467 e. The molecule has 0 aromatic carbocycles. The highest BCUT2D eigenvalue weighted by Gasteiger charge is 2.34. The number of furan rings is 1. The van der Waals surface area contributed by atoms with Crippen molar-refractivity contribution < 1.29 is 14.0 Å². The number of rotatable bonds is 4. The molecule has 120 valence electrons. The number of hydrogen-bond donors (Lipinski definition) is 2. The van der Waals surface area contributed by atoms with Crippen LogP contribution in [0.2, 0.25) is 0 Å². The summed E-state index contributed by atoms with van der Waals surface area (Å²) in [6.07, 6.45) is 6.24. The van der Waals surface area contributed by atoms with Gasteiger partial charge in [0.05, 0.1) is 12.8 Å². The Kier molecular flexibility index (Phi) is 4.56. The predicted molar refractivity (Wildman–Crippen MR) is 83.5 cm³/mol. The van der Waals surface area contributed by atoms with Crippen molar-refractivity contribution in [2.75, 3.05) is 11.9 Å². The van der Waals surface area contributed by atoms with Gasteiger partial charge in [0.1, 0.15) is 11.8 Å². The van der Waals surface area contributed by atoms with E-state index in [4.69, 9.17) is 4.42 Å². The van der Waals surface area contributed by atoms with Gasteiger partial charge >= 0.3 is 6.03 Å². The Morgan fingerprint density at radius 1 is 1.30 bits per heavy atom. The first-order valence-corrected chi connectivity index (χ1v) is 7.52. The van der Waals surface area contributed by atoms with E-state index >= 15 is 0 Å². The van der Waals surface area contributed by atoms with Crippen LogP contribution in [0, 0.1) is 0 Å². The SMILES string of the molecule is O=C(NCc1ccco1)C1CCCN1C(=O)Nc1ccncc1. The molecule has 1 fully saturated rings. The van der Waals surface area contributed by atoms with Gasteiger partial charge in [0.25, 0.3) is 0 Å². The molecule has 3 rings (SSSR count). The minimum Gasteiger partial charge on any atom is -0.467 e. The molecule has 0 aliphatic carbocycles.